The first-order chi connectivity index (χ1) is 8.33. The van der Waals surface area contributed by atoms with Gasteiger partial charge in [0.05, 0.1) is 0 Å². The molecular weight excluding hydrogens is 210 g/mol. The van der Waals surface area contributed by atoms with Gasteiger partial charge in [0.25, 0.3) is 0 Å². The van der Waals surface area contributed by atoms with E-state index in [0.717, 1.165) is 11.2 Å². The molecule has 0 spiro atoms. The van der Waals surface area contributed by atoms with E-state index in [4.69, 9.17) is 0 Å². The molecule has 0 saturated carbocycles. The molecule has 0 fully saturated rings. The molecule has 0 bridgehead atoms. The lowest BCUT2D eigenvalue weighted by Gasteiger charge is -2.02. The Morgan fingerprint density at radius 2 is 1.41 bits per heavy atom. The smallest absolute Gasteiger partial charge is 0.180 e. The van der Waals surface area contributed by atoms with Gasteiger partial charge < -0.3 is 5.21 Å². The van der Waals surface area contributed by atoms with E-state index in [1.807, 2.05) is 12.1 Å². The summed E-state index contributed by atoms with van der Waals surface area (Å²) in [6.07, 6.45) is 15.1. The van der Waals surface area contributed by atoms with Crippen LogP contribution in [0.1, 0.15) is 63.9 Å². The molecule has 17 heavy (non-hydrogen) atoms. The summed E-state index contributed by atoms with van der Waals surface area (Å²) in [7, 11) is 0. The average Bonchev–Trinajstić information content (AvgIpc) is 2.35. The first kappa shape index (κ1) is 14.0. The number of aromatic nitrogens is 1. The van der Waals surface area contributed by atoms with Gasteiger partial charge in [0, 0.05) is 12.1 Å². The fourth-order valence-corrected chi connectivity index (χ4v) is 2.07. The predicted octanol–water partition coefficient (Wildman–Crippen LogP) is 4.00. The summed E-state index contributed by atoms with van der Waals surface area (Å²) < 4.78 is 0.844. The number of nitrogens with zero attached hydrogens (tertiary/aromatic N) is 1. The third kappa shape index (κ3) is 6.98. The molecule has 0 aliphatic heterocycles. The Morgan fingerprint density at radius 1 is 0.882 bits per heavy atom. The maximum Gasteiger partial charge on any atom is 0.180 e. The minimum absolute atomic E-state index is 0.844. The topological polar surface area (TPSA) is 26.9 Å². The zero-order valence-corrected chi connectivity index (χ0v) is 11.0. The Bertz CT molecular complexity index is 281. The van der Waals surface area contributed by atoms with Crippen LogP contribution in [0.2, 0.25) is 0 Å². The third-order valence-electron chi connectivity index (χ3n) is 3.19. The van der Waals surface area contributed by atoms with Crippen LogP contribution in [-0.2, 0) is 6.42 Å². The molecule has 0 N–H and O–H groups in total. The highest BCUT2D eigenvalue weighted by atomic mass is 16.5. The van der Waals surface area contributed by atoms with Crippen molar-refractivity contribution in [1.82, 2.24) is 0 Å². The maximum absolute atomic E-state index is 10.8. The summed E-state index contributed by atoms with van der Waals surface area (Å²) in [4.78, 5) is 0. The summed E-state index contributed by atoms with van der Waals surface area (Å²) in [5, 5.41) is 10.8. The number of pyridine rings is 1. The number of unbranched alkanes of at least 4 members (excludes halogenated alkanes) is 7. The van der Waals surface area contributed by atoms with Gasteiger partial charge in [-0.15, -0.1) is 0 Å². The standard InChI is InChI=1S/C15H25NO/c1-2-3-4-5-6-7-8-9-10-15-11-13-16(17)14-12-15/h11-14H,2-10H2,1H3. The van der Waals surface area contributed by atoms with Crippen molar-refractivity contribution in [2.75, 3.05) is 0 Å². The first-order valence-electron chi connectivity index (χ1n) is 7.00. The largest absolute Gasteiger partial charge is 0.619 e. The van der Waals surface area contributed by atoms with Crippen LogP contribution in [0, 0.1) is 5.21 Å². The van der Waals surface area contributed by atoms with Crippen molar-refractivity contribution in [3.8, 4) is 0 Å². The van der Waals surface area contributed by atoms with E-state index in [1.54, 1.807) is 12.4 Å². The van der Waals surface area contributed by atoms with Gasteiger partial charge in [-0.25, -0.2) is 0 Å². The highest BCUT2D eigenvalue weighted by Gasteiger charge is 1.96. The third-order valence-corrected chi connectivity index (χ3v) is 3.19. The van der Waals surface area contributed by atoms with E-state index in [-0.39, 0.29) is 0 Å². The Labute approximate surface area is 105 Å². The van der Waals surface area contributed by atoms with Crippen molar-refractivity contribution < 1.29 is 4.73 Å². The van der Waals surface area contributed by atoms with Gasteiger partial charge in [0.2, 0.25) is 0 Å². The summed E-state index contributed by atoms with van der Waals surface area (Å²) in [6.45, 7) is 2.26. The molecule has 1 rings (SSSR count). The van der Waals surface area contributed by atoms with Gasteiger partial charge >= 0.3 is 0 Å². The summed E-state index contributed by atoms with van der Waals surface area (Å²) in [6, 6.07) is 3.85. The molecule has 1 aromatic rings. The van der Waals surface area contributed by atoms with Crippen LogP contribution in [0.15, 0.2) is 24.5 Å². The summed E-state index contributed by atoms with van der Waals surface area (Å²) in [5.41, 5.74) is 1.28. The molecule has 0 unspecified atom stereocenters. The fourth-order valence-electron chi connectivity index (χ4n) is 2.07. The molecule has 96 valence electrons. The average molecular weight is 235 g/mol. The molecule has 0 aromatic carbocycles. The molecule has 2 heteroatoms. The maximum atomic E-state index is 10.8. The quantitative estimate of drug-likeness (QED) is 0.361. The van der Waals surface area contributed by atoms with E-state index in [2.05, 4.69) is 6.92 Å². The molecule has 1 aromatic heterocycles. The Morgan fingerprint density at radius 3 is 2.00 bits per heavy atom. The predicted molar refractivity (Wildman–Crippen MR) is 71.7 cm³/mol. The number of rotatable bonds is 9. The first-order valence-corrected chi connectivity index (χ1v) is 7.00. The SMILES string of the molecule is CCCCCCCCCCc1cc[n+]([O-])cc1. The van der Waals surface area contributed by atoms with Gasteiger partial charge in [0.15, 0.2) is 12.4 Å². The van der Waals surface area contributed by atoms with Gasteiger partial charge in [-0.1, -0.05) is 51.9 Å². The lowest BCUT2D eigenvalue weighted by molar-refractivity contribution is -0.605. The Balaban J connectivity index is 1.95. The number of hydrogen-bond donors (Lipinski definition) is 0. The molecule has 0 aliphatic rings. The highest BCUT2D eigenvalue weighted by Crippen LogP contribution is 2.10. The highest BCUT2D eigenvalue weighted by molar-refractivity contribution is 5.07. The summed E-state index contributed by atoms with van der Waals surface area (Å²) >= 11 is 0. The second-order valence-corrected chi connectivity index (χ2v) is 4.79. The normalized spacial score (nSPS) is 10.6. The molecule has 0 saturated heterocycles. The second kappa shape index (κ2) is 9.03. The number of hydrogen-bond acceptors (Lipinski definition) is 1. The molecule has 0 amide bonds. The van der Waals surface area contributed by atoms with Crippen molar-refractivity contribution in [2.45, 2.75) is 64.7 Å². The summed E-state index contributed by atoms with van der Waals surface area (Å²) in [5.74, 6) is 0. The second-order valence-electron chi connectivity index (χ2n) is 4.79. The minimum Gasteiger partial charge on any atom is -0.619 e. The lowest BCUT2D eigenvalue weighted by atomic mass is 10.0. The molecule has 0 atom stereocenters. The van der Waals surface area contributed by atoms with E-state index in [0.29, 0.717) is 0 Å². The number of aryl methyl sites for hydroxylation is 1. The van der Waals surface area contributed by atoms with E-state index >= 15 is 0 Å². The van der Waals surface area contributed by atoms with Crippen LogP contribution in [0.3, 0.4) is 0 Å². The van der Waals surface area contributed by atoms with Crippen LogP contribution >= 0.6 is 0 Å². The van der Waals surface area contributed by atoms with Gasteiger partial charge in [-0.05, 0) is 18.4 Å². The van der Waals surface area contributed by atoms with Crippen molar-refractivity contribution in [2.24, 2.45) is 0 Å². The van der Waals surface area contributed by atoms with E-state index < -0.39 is 0 Å². The lowest BCUT2D eigenvalue weighted by Crippen LogP contribution is -2.23. The van der Waals surface area contributed by atoms with Gasteiger partial charge in [-0.3, -0.25) is 0 Å². The minimum atomic E-state index is 0.844. The van der Waals surface area contributed by atoms with Crippen LogP contribution in [-0.4, -0.2) is 0 Å². The van der Waals surface area contributed by atoms with Crippen LogP contribution < -0.4 is 4.73 Å². The Hall–Kier alpha value is -1.05. The van der Waals surface area contributed by atoms with Crippen LogP contribution in [0.4, 0.5) is 0 Å². The monoisotopic (exact) mass is 235 g/mol. The molecule has 0 radical (unpaired) electrons. The van der Waals surface area contributed by atoms with E-state index in [9.17, 15) is 5.21 Å². The van der Waals surface area contributed by atoms with Crippen molar-refractivity contribution >= 4 is 0 Å². The molecule has 1 heterocycles. The van der Waals surface area contributed by atoms with E-state index in [1.165, 1.54) is 56.9 Å². The van der Waals surface area contributed by atoms with Crippen molar-refractivity contribution in [1.29, 1.82) is 0 Å². The zero-order chi connectivity index (χ0) is 12.3. The van der Waals surface area contributed by atoms with Gasteiger partial charge in [0.1, 0.15) is 0 Å². The van der Waals surface area contributed by atoms with Crippen molar-refractivity contribution in [3.63, 3.8) is 0 Å². The van der Waals surface area contributed by atoms with Crippen LogP contribution in [0.25, 0.3) is 0 Å². The molecule has 2 nitrogen and oxygen atoms in total. The fraction of sp³-hybridized carbons (Fsp3) is 0.667. The van der Waals surface area contributed by atoms with Crippen LogP contribution in [0.5, 0.6) is 0 Å². The van der Waals surface area contributed by atoms with Crippen molar-refractivity contribution in [3.05, 3.63) is 35.3 Å². The molecule has 0 aliphatic carbocycles. The molecular formula is C15H25NO. The zero-order valence-electron chi connectivity index (χ0n) is 11.0. The van der Waals surface area contributed by atoms with Gasteiger partial charge in [-0.2, -0.15) is 4.73 Å². The Kier molecular flexibility index (Phi) is 7.44.